The van der Waals surface area contributed by atoms with Crippen molar-refractivity contribution in [3.63, 3.8) is 0 Å². The Hall–Kier alpha value is -1.88. The lowest BCUT2D eigenvalue weighted by molar-refractivity contribution is -0.134. The fourth-order valence-corrected chi connectivity index (χ4v) is 3.47. The van der Waals surface area contributed by atoms with E-state index in [1.807, 2.05) is 30.3 Å². The summed E-state index contributed by atoms with van der Waals surface area (Å²) in [6.07, 6.45) is 4.27. The number of rotatable bonds is 3. The maximum atomic E-state index is 12.8. The highest BCUT2D eigenvalue weighted by molar-refractivity contribution is 6.07. The molecule has 2 aliphatic rings. The second-order valence-corrected chi connectivity index (χ2v) is 6.60. The molecule has 118 valence electrons. The molecule has 5 heteroatoms. The van der Waals surface area contributed by atoms with Crippen molar-refractivity contribution in [2.75, 3.05) is 6.54 Å². The lowest BCUT2D eigenvalue weighted by atomic mass is 9.84. The Morgan fingerprint density at radius 2 is 1.77 bits per heavy atom. The molecule has 1 aliphatic heterocycles. The van der Waals surface area contributed by atoms with Crippen LogP contribution in [0.4, 0.5) is 4.79 Å². The summed E-state index contributed by atoms with van der Waals surface area (Å²) in [4.78, 5) is 26.2. The Kier molecular flexibility index (Phi) is 3.68. The predicted octanol–water partition coefficient (Wildman–Crippen LogP) is 2.15. The smallest absolute Gasteiger partial charge is 0.325 e. The van der Waals surface area contributed by atoms with E-state index in [2.05, 4.69) is 5.32 Å². The van der Waals surface area contributed by atoms with Crippen LogP contribution in [-0.4, -0.2) is 34.1 Å². The van der Waals surface area contributed by atoms with Crippen LogP contribution in [0.1, 0.15) is 44.6 Å². The van der Waals surface area contributed by atoms with Crippen LogP contribution in [0.5, 0.6) is 0 Å². The molecule has 0 aromatic heterocycles. The number of hydrogen-bond acceptors (Lipinski definition) is 3. The van der Waals surface area contributed by atoms with Gasteiger partial charge in [-0.15, -0.1) is 0 Å². The van der Waals surface area contributed by atoms with Crippen LogP contribution >= 0.6 is 0 Å². The number of imide groups is 1. The average molecular weight is 302 g/mol. The minimum Gasteiger partial charge on any atom is -0.388 e. The van der Waals surface area contributed by atoms with Crippen LogP contribution in [0.2, 0.25) is 0 Å². The summed E-state index contributed by atoms with van der Waals surface area (Å²) in [7, 11) is 0. The Balaban J connectivity index is 1.83. The van der Waals surface area contributed by atoms with Gasteiger partial charge in [0.1, 0.15) is 5.54 Å². The first-order valence-electron chi connectivity index (χ1n) is 7.87. The van der Waals surface area contributed by atoms with Crippen LogP contribution in [0, 0.1) is 0 Å². The summed E-state index contributed by atoms with van der Waals surface area (Å²) in [5, 5.41) is 13.4. The van der Waals surface area contributed by atoms with Gasteiger partial charge in [0.2, 0.25) is 0 Å². The summed E-state index contributed by atoms with van der Waals surface area (Å²) >= 11 is 0. The highest BCUT2D eigenvalue weighted by Gasteiger charge is 2.50. The van der Waals surface area contributed by atoms with Crippen LogP contribution in [0.15, 0.2) is 30.3 Å². The number of nitrogens with zero attached hydrogens (tertiary/aromatic N) is 1. The third-order valence-corrected chi connectivity index (χ3v) is 4.86. The zero-order valence-electron chi connectivity index (χ0n) is 12.8. The van der Waals surface area contributed by atoms with Gasteiger partial charge >= 0.3 is 6.03 Å². The molecule has 1 aromatic carbocycles. The summed E-state index contributed by atoms with van der Waals surface area (Å²) in [6, 6.07) is 8.80. The van der Waals surface area contributed by atoms with Crippen molar-refractivity contribution in [3.05, 3.63) is 35.9 Å². The highest BCUT2D eigenvalue weighted by Crippen LogP contribution is 2.33. The maximum Gasteiger partial charge on any atom is 0.325 e. The van der Waals surface area contributed by atoms with Crippen molar-refractivity contribution in [3.8, 4) is 0 Å². The zero-order valence-corrected chi connectivity index (χ0v) is 12.8. The van der Waals surface area contributed by atoms with E-state index in [1.165, 1.54) is 4.90 Å². The molecule has 1 heterocycles. The number of β-amino-alcohol motifs (C(OH)–C–C–N with tert-alkyl or cyclic N) is 1. The number of urea groups is 1. The van der Waals surface area contributed by atoms with E-state index in [1.54, 1.807) is 6.92 Å². The molecule has 1 aromatic rings. The van der Waals surface area contributed by atoms with Gasteiger partial charge in [-0.2, -0.15) is 0 Å². The van der Waals surface area contributed by atoms with Crippen molar-refractivity contribution in [2.24, 2.45) is 0 Å². The first kappa shape index (κ1) is 15.0. The van der Waals surface area contributed by atoms with E-state index in [0.29, 0.717) is 12.8 Å². The molecule has 2 fully saturated rings. The predicted molar refractivity (Wildman–Crippen MR) is 82.1 cm³/mol. The quantitative estimate of drug-likeness (QED) is 0.841. The molecule has 1 unspecified atom stereocenters. The number of nitrogens with one attached hydrogen (secondary N) is 1. The van der Waals surface area contributed by atoms with Crippen molar-refractivity contribution >= 4 is 11.9 Å². The highest BCUT2D eigenvalue weighted by atomic mass is 16.3. The number of aliphatic hydroxyl groups is 1. The van der Waals surface area contributed by atoms with Gasteiger partial charge in [0, 0.05) is 0 Å². The lowest BCUT2D eigenvalue weighted by Crippen LogP contribution is -2.48. The molecule has 1 aliphatic carbocycles. The van der Waals surface area contributed by atoms with Gasteiger partial charge in [-0.05, 0) is 25.3 Å². The van der Waals surface area contributed by atoms with Crippen molar-refractivity contribution in [1.29, 1.82) is 0 Å². The SMILES string of the molecule is CC1(c2ccccc2)NC(=O)N(CC2(O)CCCCC2)C1=O. The number of amides is 3. The molecule has 3 amide bonds. The molecule has 1 saturated heterocycles. The molecule has 1 atom stereocenters. The minimum atomic E-state index is -1.05. The normalized spacial score (nSPS) is 27.8. The van der Waals surface area contributed by atoms with Gasteiger partial charge in [0.15, 0.2) is 0 Å². The summed E-state index contributed by atoms with van der Waals surface area (Å²) in [5.41, 5.74) is -1.23. The molecule has 0 spiro atoms. The molecule has 2 N–H and O–H groups in total. The van der Waals surface area contributed by atoms with Crippen LogP contribution in [0.3, 0.4) is 0 Å². The molecule has 1 saturated carbocycles. The van der Waals surface area contributed by atoms with Crippen molar-refractivity contribution < 1.29 is 14.7 Å². The molecule has 3 rings (SSSR count). The molecular weight excluding hydrogens is 280 g/mol. The van der Waals surface area contributed by atoms with Gasteiger partial charge in [-0.1, -0.05) is 49.6 Å². The van der Waals surface area contributed by atoms with Gasteiger partial charge < -0.3 is 10.4 Å². The van der Waals surface area contributed by atoms with E-state index in [4.69, 9.17) is 0 Å². The van der Waals surface area contributed by atoms with Crippen molar-refractivity contribution in [1.82, 2.24) is 10.2 Å². The molecular formula is C17H22N2O3. The monoisotopic (exact) mass is 302 g/mol. The second-order valence-electron chi connectivity index (χ2n) is 6.60. The van der Waals surface area contributed by atoms with E-state index >= 15 is 0 Å². The standard InChI is InChI=1S/C17H22N2O3/c1-16(13-8-4-2-5-9-13)14(20)19(15(21)18-16)12-17(22)10-6-3-7-11-17/h2,4-5,8-9,22H,3,6-7,10-12H2,1H3,(H,18,21). The third kappa shape index (κ3) is 2.50. The zero-order chi connectivity index (χ0) is 15.8. The van der Waals surface area contributed by atoms with E-state index in [0.717, 1.165) is 24.8 Å². The second kappa shape index (κ2) is 5.39. The number of benzene rings is 1. The summed E-state index contributed by atoms with van der Waals surface area (Å²) in [5.74, 6) is -0.289. The Labute approximate surface area is 130 Å². The van der Waals surface area contributed by atoms with Gasteiger partial charge in [0.25, 0.3) is 5.91 Å². The number of carbonyl (C=O) groups is 2. The van der Waals surface area contributed by atoms with Gasteiger partial charge in [-0.25, -0.2) is 4.79 Å². The maximum absolute atomic E-state index is 12.8. The largest absolute Gasteiger partial charge is 0.388 e. The van der Waals surface area contributed by atoms with Gasteiger partial charge in [-0.3, -0.25) is 9.69 Å². The van der Waals surface area contributed by atoms with Crippen molar-refractivity contribution in [2.45, 2.75) is 50.2 Å². The summed E-state index contributed by atoms with van der Waals surface area (Å²) in [6.45, 7) is 1.80. The van der Waals surface area contributed by atoms with E-state index in [-0.39, 0.29) is 12.5 Å². The average Bonchev–Trinajstić information content (AvgIpc) is 2.73. The minimum absolute atomic E-state index is 0.0834. The van der Waals surface area contributed by atoms with E-state index < -0.39 is 17.2 Å². The topological polar surface area (TPSA) is 69.6 Å². The Morgan fingerprint density at radius 3 is 2.41 bits per heavy atom. The summed E-state index contributed by atoms with van der Waals surface area (Å²) < 4.78 is 0. The first-order chi connectivity index (χ1) is 10.4. The van der Waals surface area contributed by atoms with Crippen LogP contribution in [-0.2, 0) is 10.3 Å². The first-order valence-corrected chi connectivity index (χ1v) is 7.87. The fraction of sp³-hybridized carbons (Fsp3) is 0.529. The van der Waals surface area contributed by atoms with Crippen LogP contribution < -0.4 is 5.32 Å². The lowest BCUT2D eigenvalue weighted by Gasteiger charge is -2.34. The number of hydrogen-bond donors (Lipinski definition) is 2. The van der Waals surface area contributed by atoms with Crippen LogP contribution in [0.25, 0.3) is 0 Å². The molecule has 0 radical (unpaired) electrons. The fourth-order valence-electron chi connectivity index (χ4n) is 3.47. The Morgan fingerprint density at radius 1 is 1.14 bits per heavy atom. The third-order valence-electron chi connectivity index (χ3n) is 4.86. The molecule has 0 bridgehead atoms. The molecule has 22 heavy (non-hydrogen) atoms. The Bertz CT molecular complexity index is 581. The molecule has 5 nitrogen and oxygen atoms in total. The number of carbonyl (C=O) groups excluding carboxylic acids is 2. The van der Waals surface area contributed by atoms with E-state index in [9.17, 15) is 14.7 Å². The van der Waals surface area contributed by atoms with Gasteiger partial charge in [0.05, 0.1) is 12.1 Å².